The number of ether oxygens (including phenoxy) is 1. The molecular weight excluding hydrogens is 402 g/mol. The van der Waals surface area contributed by atoms with Crippen molar-refractivity contribution in [2.24, 2.45) is 0 Å². The number of benzene rings is 3. The van der Waals surface area contributed by atoms with Gasteiger partial charge in [0.25, 0.3) is 5.89 Å². The molecule has 3 aromatic carbocycles. The second-order valence-corrected chi connectivity index (χ2v) is 7.71. The zero-order valence-electron chi connectivity index (χ0n) is 18.1. The molecule has 6 heteroatoms. The molecule has 0 radical (unpaired) electrons. The van der Waals surface area contributed by atoms with Gasteiger partial charge in [-0.3, -0.25) is 4.90 Å². The van der Waals surface area contributed by atoms with Gasteiger partial charge in [0.05, 0.1) is 13.2 Å². The predicted octanol–water partition coefficient (Wildman–Crippen LogP) is 4.25. The highest BCUT2D eigenvalue weighted by atomic mass is 16.5. The van der Waals surface area contributed by atoms with Crippen LogP contribution in [0.5, 0.6) is 5.75 Å². The maximum Gasteiger partial charge on any atom is 0.268 e. The zero-order valence-corrected chi connectivity index (χ0v) is 18.1. The highest BCUT2D eigenvalue weighted by Gasteiger charge is 2.39. The molecule has 0 unspecified atom stereocenters. The Morgan fingerprint density at radius 1 is 0.875 bits per heavy atom. The van der Waals surface area contributed by atoms with Crippen molar-refractivity contribution in [2.75, 3.05) is 20.2 Å². The third-order valence-corrected chi connectivity index (χ3v) is 5.27. The highest BCUT2D eigenvalue weighted by molar-refractivity contribution is 5.41. The maximum atomic E-state index is 11.7. The van der Waals surface area contributed by atoms with Crippen molar-refractivity contribution >= 4 is 0 Å². The minimum atomic E-state index is -1.52. The van der Waals surface area contributed by atoms with Gasteiger partial charge in [-0.15, -0.1) is 0 Å². The molecule has 0 saturated carbocycles. The predicted molar refractivity (Wildman–Crippen MR) is 122 cm³/mol. The Kier molecular flexibility index (Phi) is 6.94. The number of rotatable bonds is 10. The van der Waals surface area contributed by atoms with Crippen molar-refractivity contribution in [3.8, 4) is 5.75 Å². The van der Waals surface area contributed by atoms with Gasteiger partial charge in [-0.2, -0.15) is 4.98 Å². The van der Waals surface area contributed by atoms with Crippen LogP contribution in [0.2, 0.25) is 0 Å². The van der Waals surface area contributed by atoms with Gasteiger partial charge in [-0.1, -0.05) is 84.0 Å². The number of aromatic nitrogens is 2. The van der Waals surface area contributed by atoms with Crippen LogP contribution in [0.3, 0.4) is 0 Å². The normalized spacial score (nSPS) is 11.6. The molecule has 4 aromatic rings. The molecule has 0 bridgehead atoms. The van der Waals surface area contributed by atoms with E-state index in [2.05, 4.69) is 15.0 Å². The monoisotopic (exact) mass is 429 g/mol. The summed E-state index contributed by atoms with van der Waals surface area (Å²) in [5.41, 5.74) is -0.170. The van der Waals surface area contributed by atoms with Crippen LogP contribution in [0.15, 0.2) is 95.5 Å². The molecule has 0 aliphatic carbocycles. The first-order chi connectivity index (χ1) is 15.7. The number of hydrogen-bond acceptors (Lipinski definition) is 6. The average Bonchev–Trinajstić information content (AvgIpc) is 3.32. The molecule has 4 rings (SSSR count). The first kappa shape index (κ1) is 21.7. The molecule has 32 heavy (non-hydrogen) atoms. The summed E-state index contributed by atoms with van der Waals surface area (Å²) in [7, 11) is 2.00. The molecule has 1 N–H and O–H groups in total. The van der Waals surface area contributed by atoms with E-state index in [1.807, 2.05) is 98.0 Å². The van der Waals surface area contributed by atoms with E-state index in [-0.39, 0.29) is 5.89 Å². The lowest BCUT2D eigenvalue weighted by molar-refractivity contribution is 0.0850. The van der Waals surface area contributed by atoms with E-state index in [1.54, 1.807) is 0 Å². The highest BCUT2D eigenvalue weighted by Crippen LogP contribution is 2.35. The minimum absolute atomic E-state index is 0.158. The van der Waals surface area contributed by atoms with E-state index in [9.17, 15) is 5.11 Å². The number of hydrogen-bond donors (Lipinski definition) is 1. The van der Waals surface area contributed by atoms with E-state index >= 15 is 0 Å². The van der Waals surface area contributed by atoms with Crippen LogP contribution in [0.4, 0.5) is 0 Å². The van der Waals surface area contributed by atoms with Crippen LogP contribution in [-0.4, -0.2) is 40.3 Å². The van der Waals surface area contributed by atoms with Crippen molar-refractivity contribution in [1.29, 1.82) is 0 Å². The zero-order chi connectivity index (χ0) is 22.2. The molecule has 0 amide bonds. The first-order valence-electron chi connectivity index (χ1n) is 10.7. The van der Waals surface area contributed by atoms with Crippen molar-refractivity contribution in [2.45, 2.75) is 18.6 Å². The van der Waals surface area contributed by atoms with Crippen LogP contribution in [0.1, 0.15) is 29.3 Å². The largest absolute Gasteiger partial charge is 0.494 e. The van der Waals surface area contributed by atoms with E-state index in [0.717, 1.165) is 18.7 Å². The molecule has 0 fully saturated rings. The first-order valence-corrected chi connectivity index (χ1v) is 10.7. The van der Waals surface area contributed by atoms with Crippen molar-refractivity contribution < 1.29 is 14.4 Å². The van der Waals surface area contributed by atoms with E-state index in [4.69, 9.17) is 9.26 Å². The van der Waals surface area contributed by atoms with E-state index in [0.29, 0.717) is 30.1 Å². The quantitative estimate of drug-likeness (QED) is 0.380. The van der Waals surface area contributed by atoms with Crippen LogP contribution in [0, 0.1) is 0 Å². The smallest absolute Gasteiger partial charge is 0.268 e. The summed E-state index contributed by atoms with van der Waals surface area (Å²) < 4.78 is 11.3. The Balaban J connectivity index is 1.42. The van der Waals surface area contributed by atoms with Gasteiger partial charge >= 0.3 is 0 Å². The number of nitrogens with zero attached hydrogens (tertiary/aromatic N) is 3. The molecule has 0 aliphatic rings. The molecule has 0 spiro atoms. The SMILES string of the molecule is CN(CCCOc1ccccc1)Cc1noc(C(O)(c2ccccc2)c2ccccc2)n1. The molecule has 0 atom stereocenters. The Morgan fingerprint density at radius 3 is 2.03 bits per heavy atom. The molecule has 1 aromatic heterocycles. The third-order valence-electron chi connectivity index (χ3n) is 5.27. The lowest BCUT2D eigenvalue weighted by Gasteiger charge is -2.25. The summed E-state index contributed by atoms with van der Waals surface area (Å²) in [5, 5.41) is 15.9. The van der Waals surface area contributed by atoms with Gasteiger partial charge in [-0.25, -0.2) is 0 Å². The summed E-state index contributed by atoms with van der Waals surface area (Å²) in [5.74, 6) is 1.56. The van der Waals surface area contributed by atoms with Gasteiger partial charge in [0.15, 0.2) is 11.4 Å². The molecule has 0 aliphatic heterocycles. The van der Waals surface area contributed by atoms with Gasteiger partial charge in [0.1, 0.15) is 5.75 Å². The Hall–Kier alpha value is -3.48. The fourth-order valence-electron chi connectivity index (χ4n) is 3.60. The van der Waals surface area contributed by atoms with Gasteiger partial charge in [-0.05, 0) is 36.7 Å². The van der Waals surface area contributed by atoms with Gasteiger partial charge < -0.3 is 14.4 Å². The maximum absolute atomic E-state index is 11.7. The fourth-order valence-corrected chi connectivity index (χ4v) is 3.60. The van der Waals surface area contributed by atoms with Crippen LogP contribution in [0.25, 0.3) is 0 Å². The van der Waals surface area contributed by atoms with Gasteiger partial charge in [0, 0.05) is 6.54 Å². The second kappa shape index (κ2) is 10.2. The van der Waals surface area contributed by atoms with Crippen molar-refractivity contribution in [1.82, 2.24) is 15.0 Å². The summed E-state index contributed by atoms with van der Waals surface area (Å²) in [6, 6.07) is 28.6. The molecule has 6 nitrogen and oxygen atoms in total. The van der Waals surface area contributed by atoms with Crippen LogP contribution >= 0.6 is 0 Å². The Morgan fingerprint density at radius 2 is 1.44 bits per heavy atom. The minimum Gasteiger partial charge on any atom is -0.494 e. The Bertz CT molecular complexity index is 1050. The Labute approximate surface area is 188 Å². The fraction of sp³-hybridized carbons (Fsp3) is 0.231. The van der Waals surface area contributed by atoms with Gasteiger partial charge in [0.2, 0.25) is 0 Å². The molecule has 164 valence electrons. The standard InChI is InChI=1S/C26H27N3O3/c1-29(18-11-19-31-23-16-9-4-10-17-23)20-24-27-25(32-28-24)26(30,21-12-5-2-6-13-21)22-14-7-3-8-15-22/h2-10,12-17,30H,11,18-20H2,1H3. The lowest BCUT2D eigenvalue weighted by Crippen LogP contribution is -2.29. The van der Waals surface area contributed by atoms with Crippen molar-refractivity contribution in [3.63, 3.8) is 0 Å². The number of aliphatic hydroxyl groups is 1. The second-order valence-electron chi connectivity index (χ2n) is 7.71. The molecular formula is C26H27N3O3. The number of para-hydroxylation sites is 1. The van der Waals surface area contributed by atoms with Crippen LogP contribution < -0.4 is 4.74 Å². The lowest BCUT2D eigenvalue weighted by atomic mass is 9.86. The summed E-state index contributed by atoms with van der Waals surface area (Å²) in [6.45, 7) is 1.96. The summed E-state index contributed by atoms with van der Waals surface area (Å²) >= 11 is 0. The molecule has 1 heterocycles. The summed E-state index contributed by atoms with van der Waals surface area (Å²) in [4.78, 5) is 6.65. The van der Waals surface area contributed by atoms with Crippen molar-refractivity contribution in [3.05, 3.63) is 114 Å². The third kappa shape index (κ3) is 5.04. The summed E-state index contributed by atoms with van der Waals surface area (Å²) in [6.07, 6.45) is 0.869. The molecule has 0 saturated heterocycles. The van der Waals surface area contributed by atoms with E-state index < -0.39 is 5.60 Å². The van der Waals surface area contributed by atoms with E-state index in [1.165, 1.54) is 0 Å². The average molecular weight is 430 g/mol. The van der Waals surface area contributed by atoms with Crippen LogP contribution in [-0.2, 0) is 12.1 Å². The topological polar surface area (TPSA) is 71.6 Å².